The number of likely N-dealkylation sites (tertiary alicyclic amines) is 1. The molecule has 26 heavy (non-hydrogen) atoms. The summed E-state index contributed by atoms with van der Waals surface area (Å²) >= 11 is 5.99. The van der Waals surface area contributed by atoms with Crippen molar-refractivity contribution in [2.75, 3.05) is 14.2 Å². The first-order valence-electron chi connectivity index (χ1n) is 7.96. The zero-order valence-corrected chi connectivity index (χ0v) is 15.0. The van der Waals surface area contributed by atoms with Gasteiger partial charge in [0.2, 0.25) is 5.91 Å². The van der Waals surface area contributed by atoms with E-state index in [0.29, 0.717) is 10.6 Å². The van der Waals surface area contributed by atoms with Gasteiger partial charge >= 0.3 is 5.97 Å². The molecule has 0 saturated carbocycles. The van der Waals surface area contributed by atoms with Crippen molar-refractivity contribution in [1.29, 1.82) is 0 Å². The number of esters is 1. The number of nitrogens with zero attached hydrogens (tertiary/aromatic N) is 1. The summed E-state index contributed by atoms with van der Waals surface area (Å²) < 4.78 is 18.2. The zero-order chi connectivity index (χ0) is 18.9. The first-order chi connectivity index (χ1) is 12.4. The molecule has 134 valence electrons. The van der Waals surface area contributed by atoms with E-state index >= 15 is 0 Å². The third kappa shape index (κ3) is 2.88. The number of carbonyl (C=O) groups is 2. The summed E-state index contributed by atoms with van der Waals surface area (Å²) in [6.45, 7) is 0. The highest BCUT2D eigenvalue weighted by molar-refractivity contribution is 6.30. The minimum Gasteiger partial charge on any atom is -0.468 e. The van der Waals surface area contributed by atoms with E-state index in [-0.39, 0.29) is 11.7 Å². The number of hydrogen-bond donors (Lipinski definition) is 0. The fourth-order valence-corrected chi connectivity index (χ4v) is 3.53. The molecule has 0 radical (unpaired) electrons. The molecule has 1 amide bonds. The molecule has 0 unspecified atom stereocenters. The zero-order valence-electron chi connectivity index (χ0n) is 14.3. The van der Waals surface area contributed by atoms with Crippen LogP contribution in [0.4, 0.5) is 4.39 Å². The largest absolute Gasteiger partial charge is 0.468 e. The number of ether oxygens (including phenoxy) is 1. The highest BCUT2D eigenvalue weighted by Crippen LogP contribution is 2.51. The van der Waals surface area contributed by atoms with E-state index in [0.717, 1.165) is 5.56 Å². The number of carbonyl (C=O) groups excluding carboxylic acids is 2. The lowest BCUT2D eigenvalue weighted by molar-refractivity contribution is -0.180. The quantitative estimate of drug-likeness (QED) is 0.464. The van der Waals surface area contributed by atoms with Crippen LogP contribution in [-0.4, -0.2) is 30.9 Å². The molecule has 0 aliphatic carbocycles. The van der Waals surface area contributed by atoms with Gasteiger partial charge in [-0.3, -0.25) is 9.59 Å². The van der Waals surface area contributed by atoms with Crippen LogP contribution < -0.4 is 0 Å². The number of hydrogen-bond acceptors (Lipinski definition) is 3. The summed E-state index contributed by atoms with van der Waals surface area (Å²) in [5, 5.41) is 0.548. The number of benzene rings is 2. The standard InChI is InChI=1S/C20H17ClFNO3/c1-23-17(14-6-8-16(22)9-7-14)20(18(23)24,19(25)26-2)11-10-13-4-3-5-15(21)12-13/h3-12,17H,1-2H3/b11-10+/t17-,20+/m1/s1. The molecule has 2 atom stereocenters. The topological polar surface area (TPSA) is 46.6 Å². The van der Waals surface area contributed by atoms with Gasteiger partial charge in [-0.15, -0.1) is 0 Å². The molecule has 0 N–H and O–H groups in total. The average molecular weight is 374 g/mol. The summed E-state index contributed by atoms with van der Waals surface area (Å²) in [6, 6.07) is 12.2. The van der Waals surface area contributed by atoms with E-state index < -0.39 is 17.4 Å². The maximum Gasteiger partial charge on any atom is 0.327 e. The summed E-state index contributed by atoms with van der Waals surface area (Å²) in [5.41, 5.74) is -0.0976. The van der Waals surface area contributed by atoms with Gasteiger partial charge in [0.05, 0.1) is 13.2 Å². The van der Waals surface area contributed by atoms with Crippen molar-refractivity contribution in [2.24, 2.45) is 5.41 Å². The normalized spacial score (nSPS) is 22.4. The van der Waals surface area contributed by atoms with Crippen molar-refractivity contribution in [3.8, 4) is 0 Å². The second kappa shape index (κ2) is 6.92. The molecule has 1 heterocycles. The third-order valence-electron chi connectivity index (χ3n) is 4.59. The smallest absolute Gasteiger partial charge is 0.327 e. The average Bonchev–Trinajstić information content (AvgIpc) is 2.65. The van der Waals surface area contributed by atoms with Crippen LogP contribution in [0.15, 0.2) is 54.6 Å². The molecule has 2 aromatic rings. The van der Waals surface area contributed by atoms with E-state index in [2.05, 4.69) is 0 Å². The second-order valence-electron chi connectivity index (χ2n) is 6.12. The van der Waals surface area contributed by atoms with Crippen molar-refractivity contribution in [3.63, 3.8) is 0 Å². The van der Waals surface area contributed by atoms with Crippen LogP contribution in [0.2, 0.25) is 5.02 Å². The number of rotatable bonds is 4. The molecule has 4 nitrogen and oxygen atoms in total. The van der Waals surface area contributed by atoms with Crippen LogP contribution >= 0.6 is 11.6 Å². The molecule has 1 aliphatic rings. The molecule has 0 spiro atoms. The predicted octanol–water partition coefficient (Wildman–Crippen LogP) is 3.87. The summed E-state index contributed by atoms with van der Waals surface area (Å²) in [5.74, 6) is -1.43. The monoisotopic (exact) mass is 373 g/mol. The van der Waals surface area contributed by atoms with Gasteiger partial charge < -0.3 is 9.64 Å². The molecule has 0 bridgehead atoms. The molecular formula is C20H17ClFNO3. The Balaban J connectivity index is 2.06. The van der Waals surface area contributed by atoms with Gasteiger partial charge in [0, 0.05) is 12.1 Å². The van der Waals surface area contributed by atoms with Crippen LogP contribution in [0.5, 0.6) is 0 Å². The molecule has 2 aromatic carbocycles. The van der Waals surface area contributed by atoms with Gasteiger partial charge in [-0.2, -0.15) is 0 Å². The fourth-order valence-electron chi connectivity index (χ4n) is 3.33. The minimum atomic E-state index is -1.50. The summed E-state index contributed by atoms with van der Waals surface area (Å²) in [6.07, 6.45) is 3.21. The first-order valence-corrected chi connectivity index (χ1v) is 8.34. The Hall–Kier alpha value is -2.66. The van der Waals surface area contributed by atoms with Gasteiger partial charge in [0.25, 0.3) is 0 Å². The molecular weight excluding hydrogens is 357 g/mol. The molecule has 6 heteroatoms. The van der Waals surface area contributed by atoms with Crippen molar-refractivity contribution < 1.29 is 18.7 Å². The molecule has 1 saturated heterocycles. The Bertz CT molecular complexity index is 871. The van der Waals surface area contributed by atoms with Gasteiger partial charge in [-0.25, -0.2) is 4.39 Å². The van der Waals surface area contributed by atoms with E-state index in [1.54, 1.807) is 49.5 Å². The molecule has 3 rings (SSSR count). The van der Waals surface area contributed by atoms with Crippen molar-refractivity contribution in [3.05, 3.63) is 76.6 Å². The highest BCUT2D eigenvalue weighted by atomic mass is 35.5. The van der Waals surface area contributed by atoms with Gasteiger partial charge in [-0.1, -0.05) is 48.0 Å². The molecule has 1 aliphatic heterocycles. The van der Waals surface area contributed by atoms with Gasteiger partial charge in [0.15, 0.2) is 5.41 Å². The number of halogens is 2. The van der Waals surface area contributed by atoms with Gasteiger partial charge in [0.1, 0.15) is 5.82 Å². The number of β-lactam (4-membered cyclic amide) rings is 1. The molecule has 0 aromatic heterocycles. The van der Waals surface area contributed by atoms with Crippen molar-refractivity contribution in [1.82, 2.24) is 4.90 Å². The van der Waals surface area contributed by atoms with E-state index in [1.165, 1.54) is 24.1 Å². The minimum absolute atomic E-state index is 0.378. The Morgan fingerprint density at radius 2 is 1.96 bits per heavy atom. The fraction of sp³-hybridized carbons (Fsp3) is 0.200. The number of amides is 1. The molecule has 1 fully saturated rings. The Morgan fingerprint density at radius 3 is 2.58 bits per heavy atom. The maximum absolute atomic E-state index is 13.3. The van der Waals surface area contributed by atoms with Crippen LogP contribution in [0.25, 0.3) is 6.08 Å². The van der Waals surface area contributed by atoms with E-state index in [1.807, 2.05) is 6.07 Å². The van der Waals surface area contributed by atoms with E-state index in [9.17, 15) is 14.0 Å². The van der Waals surface area contributed by atoms with E-state index in [4.69, 9.17) is 16.3 Å². The lowest BCUT2D eigenvalue weighted by Crippen LogP contribution is -2.64. The first kappa shape index (κ1) is 18.1. The SMILES string of the molecule is COC(=O)[C@]1(/C=C/c2cccc(Cl)c2)C(=O)N(C)[C@@H]1c1ccc(F)cc1. The lowest BCUT2D eigenvalue weighted by Gasteiger charge is -2.51. The predicted molar refractivity (Wildman–Crippen MR) is 96.8 cm³/mol. The van der Waals surface area contributed by atoms with Gasteiger partial charge in [-0.05, 0) is 35.4 Å². The van der Waals surface area contributed by atoms with Crippen LogP contribution in [0.3, 0.4) is 0 Å². The van der Waals surface area contributed by atoms with Crippen LogP contribution in [0.1, 0.15) is 17.2 Å². The van der Waals surface area contributed by atoms with Crippen molar-refractivity contribution >= 4 is 29.6 Å². The lowest BCUT2D eigenvalue weighted by atomic mass is 9.67. The third-order valence-corrected chi connectivity index (χ3v) is 4.82. The van der Waals surface area contributed by atoms with Crippen molar-refractivity contribution in [2.45, 2.75) is 6.04 Å². The summed E-state index contributed by atoms with van der Waals surface area (Å²) in [7, 11) is 2.84. The highest BCUT2D eigenvalue weighted by Gasteiger charge is 2.64. The van der Waals surface area contributed by atoms with Crippen LogP contribution in [0, 0.1) is 11.2 Å². The van der Waals surface area contributed by atoms with Crippen LogP contribution in [-0.2, 0) is 14.3 Å². The Kier molecular flexibility index (Phi) is 4.83. The summed E-state index contributed by atoms with van der Waals surface area (Å²) in [4.78, 5) is 26.7. The number of methoxy groups -OCH3 is 1. The maximum atomic E-state index is 13.3. The Morgan fingerprint density at radius 1 is 1.27 bits per heavy atom. The Labute approximate surface area is 155 Å². The second-order valence-corrected chi connectivity index (χ2v) is 6.56.